The van der Waals surface area contributed by atoms with E-state index in [1.807, 2.05) is 0 Å². The fourth-order valence-corrected chi connectivity index (χ4v) is 3.95. The Labute approximate surface area is 164 Å². The van der Waals surface area contributed by atoms with Crippen LogP contribution in [0.5, 0.6) is 0 Å². The summed E-state index contributed by atoms with van der Waals surface area (Å²) < 4.78 is 65.7. The first-order valence-electron chi connectivity index (χ1n) is 8.12. The van der Waals surface area contributed by atoms with Crippen molar-refractivity contribution >= 4 is 21.4 Å². The largest absolute Gasteiger partial charge is 0.417 e. The van der Waals surface area contributed by atoms with Gasteiger partial charge in [-0.15, -0.1) is 0 Å². The normalized spacial score (nSPS) is 12.4. The van der Waals surface area contributed by atoms with Gasteiger partial charge in [0.25, 0.3) is 0 Å². The second-order valence-corrected chi connectivity index (χ2v) is 8.69. The average Bonchev–Trinajstić information content (AvgIpc) is 3.01. The van der Waals surface area contributed by atoms with Crippen LogP contribution in [0.15, 0.2) is 47.6 Å². The van der Waals surface area contributed by atoms with E-state index >= 15 is 0 Å². The molecule has 1 aromatic carbocycles. The molecule has 0 fully saturated rings. The minimum atomic E-state index is -4.71. The van der Waals surface area contributed by atoms with Gasteiger partial charge in [0.2, 0.25) is 0 Å². The zero-order chi connectivity index (χ0) is 20.7. The fourth-order valence-electron chi connectivity index (χ4n) is 2.71. The molecule has 0 spiro atoms. The molecule has 3 rings (SSSR count). The standard InChI is InChI=1S/C18H15ClF3N3O2S/c1-3-28(26,27)15-8-12(18(20,21)22)9-23-16(15)17-24-10-14(25(17)2)11-5-4-6-13(19)7-11/h4-10H,3H2,1-2H3. The van der Waals surface area contributed by atoms with Crippen LogP contribution in [0.2, 0.25) is 5.02 Å². The van der Waals surface area contributed by atoms with Crippen molar-refractivity contribution in [3.8, 4) is 22.8 Å². The Hall–Kier alpha value is -2.39. The Morgan fingerprint density at radius 1 is 1.14 bits per heavy atom. The number of pyridine rings is 1. The molecule has 0 unspecified atom stereocenters. The van der Waals surface area contributed by atoms with Crippen LogP contribution >= 0.6 is 11.6 Å². The molecule has 2 aromatic heterocycles. The second kappa shape index (κ2) is 7.21. The summed E-state index contributed by atoms with van der Waals surface area (Å²) in [5, 5.41) is 0.502. The molecule has 0 aliphatic carbocycles. The predicted octanol–water partition coefficient (Wildman–Crippen LogP) is 4.61. The SMILES string of the molecule is CCS(=O)(=O)c1cc(C(F)(F)F)cnc1-c1ncc(-c2cccc(Cl)c2)n1C. The van der Waals surface area contributed by atoms with Crippen molar-refractivity contribution < 1.29 is 21.6 Å². The maximum Gasteiger partial charge on any atom is 0.417 e. The van der Waals surface area contributed by atoms with Crippen molar-refractivity contribution in [1.29, 1.82) is 0 Å². The molecule has 0 aliphatic heterocycles. The van der Waals surface area contributed by atoms with Gasteiger partial charge in [0.1, 0.15) is 5.69 Å². The summed E-state index contributed by atoms with van der Waals surface area (Å²) in [5.74, 6) is -0.232. The number of imidazole rings is 1. The van der Waals surface area contributed by atoms with Gasteiger partial charge in [-0.2, -0.15) is 13.2 Å². The predicted molar refractivity (Wildman–Crippen MR) is 99.6 cm³/mol. The van der Waals surface area contributed by atoms with E-state index < -0.39 is 26.5 Å². The van der Waals surface area contributed by atoms with Crippen LogP contribution in [0.1, 0.15) is 12.5 Å². The number of alkyl halides is 3. The molecule has 0 saturated carbocycles. The molecule has 28 heavy (non-hydrogen) atoms. The lowest BCUT2D eigenvalue weighted by molar-refractivity contribution is -0.138. The number of hydrogen-bond acceptors (Lipinski definition) is 4. The number of hydrogen-bond donors (Lipinski definition) is 0. The van der Waals surface area contributed by atoms with Gasteiger partial charge in [-0.25, -0.2) is 13.4 Å². The smallest absolute Gasteiger partial charge is 0.326 e. The van der Waals surface area contributed by atoms with E-state index in [0.717, 1.165) is 5.56 Å². The van der Waals surface area contributed by atoms with E-state index in [4.69, 9.17) is 11.6 Å². The lowest BCUT2D eigenvalue weighted by Crippen LogP contribution is -2.13. The molecule has 0 atom stereocenters. The van der Waals surface area contributed by atoms with Crippen LogP contribution in [0.25, 0.3) is 22.8 Å². The lowest BCUT2D eigenvalue weighted by Gasteiger charge is -2.13. The summed E-state index contributed by atoms with van der Waals surface area (Å²) in [5.41, 5.74) is 0.0674. The monoisotopic (exact) mass is 429 g/mol. The van der Waals surface area contributed by atoms with Crippen molar-refractivity contribution in [1.82, 2.24) is 14.5 Å². The van der Waals surface area contributed by atoms with Gasteiger partial charge in [-0.3, -0.25) is 4.98 Å². The summed E-state index contributed by atoms with van der Waals surface area (Å²) in [6, 6.07) is 7.54. The molecule has 0 amide bonds. The van der Waals surface area contributed by atoms with E-state index in [0.29, 0.717) is 23.0 Å². The highest BCUT2D eigenvalue weighted by Crippen LogP contribution is 2.35. The van der Waals surface area contributed by atoms with Crippen molar-refractivity contribution in [3.05, 3.63) is 53.3 Å². The summed E-state index contributed by atoms with van der Waals surface area (Å²) in [4.78, 5) is 7.51. The van der Waals surface area contributed by atoms with Gasteiger partial charge < -0.3 is 4.57 Å². The Morgan fingerprint density at radius 2 is 1.86 bits per heavy atom. The molecular formula is C18H15ClF3N3O2S. The number of halogens is 4. The zero-order valence-electron chi connectivity index (χ0n) is 14.8. The maximum absolute atomic E-state index is 13.1. The first kappa shape index (κ1) is 20.3. The third-order valence-corrected chi connectivity index (χ3v) is 6.19. The number of rotatable bonds is 4. The second-order valence-electron chi connectivity index (χ2n) is 6.01. The van der Waals surface area contributed by atoms with Crippen molar-refractivity contribution in [3.63, 3.8) is 0 Å². The van der Waals surface area contributed by atoms with E-state index in [2.05, 4.69) is 9.97 Å². The minimum Gasteiger partial charge on any atom is -0.326 e. The molecule has 0 N–H and O–H groups in total. The Bertz CT molecular complexity index is 1140. The van der Waals surface area contributed by atoms with Gasteiger partial charge in [0.15, 0.2) is 15.7 Å². The maximum atomic E-state index is 13.1. The Balaban J connectivity index is 2.22. The summed E-state index contributed by atoms with van der Waals surface area (Å²) in [6.45, 7) is 1.36. The lowest BCUT2D eigenvalue weighted by atomic mass is 10.2. The van der Waals surface area contributed by atoms with E-state index in [-0.39, 0.29) is 17.3 Å². The molecule has 0 saturated heterocycles. The first-order chi connectivity index (χ1) is 13.0. The number of nitrogens with zero attached hydrogens (tertiary/aromatic N) is 3. The van der Waals surface area contributed by atoms with Crippen LogP contribution < -0.4 is 0 Å². The number of aromatic nitrogens is 3. The van der Waals surface area contributed by atoms with Crippen LogP contribution in [-0.2, 0) is 23.1 Å². The van der Waals surface area contributed by atoms with E-state index in [1.54, 1.807) is 35.9 Å². The van der Waals surface area contributed by atoms with Crippen molar-refractivity contribution in [2.45, 2.75) is 18.0 Å². The van der Waals surface area contributed by atoms with E-state index in [1.165, 1.54) is 13.1 Å². The van der Waals surface area contributed by atoms with Crippen molar-refractivity contribution in [2.75, 3.05) is 5.75 Å². The molecule has 0 radical (unpaired) electrons. The molecule has 5 nitrogen and oxygen atoms in total. The van der Waals surface area contributed by atoms with Crippen LogP contribution in [0, 0.1) is 0 Å². The third-order valence-electron chi connectivity index (χ3n) is 4.22. The van der Waals surface area contributed by atoms with Gasteiger partial charge >= 0.3 is 6.18 Å². The fraction of sp³-hybridized carbons (Fsp3) is 0.222. The number of sulfone groups is 1. The Kier molecular flexibility index (Phi) is 5.24. The minimum absolute atomic E-state index is 0.134. The number of benzene rings is 1. The highest BCUT2D eigenvalue weighted by Gasteiger charge is 2.34. The van der Waals surface area contributed by atoms with Crippen LogP contribution in [0.3, 0.4) is 0 Å². The van der Waals surface area contributed by atoms with Gasteiger partial charge in [0.05, 0.1) is 28.1 Å². The van der Waals surface area contributed by atoms with Gasteiger partial charge in [-0.1, -0.05) is 30.7 Å². The molecule has 0 aliphatic rings. The molecule has 10 heteroatoms. The van der Waals surface area contributed by atoms with Gasteiger partial charge in [-0.05, 0) is 18.2 Å². The molecule has 0 bridgehead atoms. The molecule has 3 aromatic rings. The highest BCUT2D eigenvalue weighted by atomic mass is 35.5. The zero-order valence-corrected chi connectivity index (χ0v) is 16.4. The molecular weight excluding hydrogens is 415 g/mol. The highest BCUT2D eigenvalue weighted by molar-refractivity contribution is 7.91. The molecule has 148 valence electrons. The van der Waals surface area contributed by atoms with Crippen molar-refractivity contribution in [2.24, 2.45) is 7.05 Å². The molecule has 2 heterocycles. The first-order valence-corrected chi connectivity index (χ1v) is 10.2. The third kappa shape index (κ3) is 3.77. The summed E-state index contributed by atoms with van der Waals surface area (Å²) >= 11 is 6.01. The van der Waals surface area contributed by atoms with Gasteiger partial charge in [0, 0.05) is 23.8 Å². The quantitative estimate of drug-likeness (QED) is 0.607. The summed E-state index contributed by atoms with van der Waals surface area (Å²) in [6.07, 6.45) is -2.61. The van der Waals surface area contributed by atoms with Crippen LogP contribution in [-0.4, -0.2) is 28.7 Å². The summed E-state index contributed by atoms with van der Waals surface area (Å²) in [7, 11) is -2.35. The average molecular weight is 430 g/mol. The Morgan fingerprint density at radius 3 is 2.46 bits per heavy atom. The van der Waals surface area contributed by atoms with Crippen LogP contribution in [0.4, 0.5) is 13.2 Å². The van der Waals surface area contributed by atoms with E-state index in [9.17, 15) is 21.6 Å². The topological polar surface area (TPSA) is 64.8 Å².